The number of nitrogens with one attached hydrogen (secondary N) is 1. The molecule has 16 heavy (non-hydrogen) atoms. The van der Waals surface area contributed by atoms with E-state index in [1.165, 1.54) is 13.0 Å². The summed E-state index contributed by atoms with van der Waals surface area (Å²) in [6, 6.07) is 1.64. The number of hydrogen-bond acceptors (Lipinski definition) is 2. The van der Waals surface area contributed by atoms with E-state index in [0.29, 0.717) is 6.07 Å². The average Bonchev–Trinajstić information content (AvgIpc) is 2.23. The Morgan fingerprint density at radius 1 is 1.44 bits per heavy atom. The lowest BCUT2D eigenvalue weighted by Gasteiger charge is -2.12. The normalized spacial score (nSPS) is 12.3. The van der Waals surface area contributed by atoms with Gasteiger partial charge in [-0.3, -0.25) is 4.79 Å². The van der Waals surface area contributed by atoms with E-state index >= 15 is 0 Å². The van der Waals surface area contributed by atoms with Gasteiger partial charge in [-0.05, 0) is 25.5 Å². The molecule has 0 fully saturated rings. The van der Waals surface area contributed by atoms with Crippen LogP contribution in [-0.2, 0) is 0 Å². The second kappa shape index (κ2) is 5.03. The quantitative estimate of drug-likeness (QED) is 0.820. The summed E-state index contributed by atoms with van der Waals surface area (Å²) in [6.45, 7) is 3.43. The van der Waals surface area contributed by atoms with Gasteiger partial charge >= 0.3 is 0 Å². The Kier molecular flexibility index (Phi) is 3.95. The predicted octanol–water partition coefficient (Wildman–Crippen LogP) is 1.35. The Morgan fingerprint density at radius 2 is 2.06 bits per heavy atom. The molecule has 3 N–H and O–H groups in total. The monoisotopic (exact) mass is 228 g/mol. The first-order valence-electron chi connectivity index (χ1n) is 4.92. The van der Waals surface area contributed by atoms with E-state index in [1.54, 1.807) is 6.92 Å². The van der Waals surface area contributed by atoms with E-state index < -0.39 is 17.5 Å². The molecule has 1 amide bonds. The van der Waals surface area contributed by atoms with Crippen LogP contribution in [0.5, 0.6) is 0 Å². The number of amides is 1. The molecule has 0 heterocycles. The van der Waals surface area contributed by atoms with Gasteiger partial charge < -0.3 is 11.1 Å². The minimum absolute atomic E-state index is 0.167. The number of nitrogens with two attached hydrogens (primary N) is 1. The van der Waals surface area contributed by atoms with Gasteiger partial charge in [-0.2, -0.15) is 0 Å². The third-order valence-corrected chi connectivity index (χ3v) is 2.22. The summed E-state index contributed by atoms with van der Waals surface area (Å²) in [5, 5.41) is 2.51. The molecule has 0 saturated carbocycles. The van der Waals surface area contributed by atoms with Crippen LogP contribution in [-0.4, -0.2) is 18.5 Å². The zero-order valence-electron chi connectivity index (χ0n) is 9.18. The van der Waals surface area contributed by atoms with Gasteiger partial charge in [0.15, 0.2) is 0 Å². The molecule has 0 aliphatic heterocycles. The topological polar surface area (TPSA) is 55.1 Å². The molecule has 0 radical (unpaired) electrons. The molecule has 0 saturated heterocycles. The number of carbonyl (C=O) groups is 1. The van der Waals surface area contributed by atoms with Gasteiger partial charge in [0.2, 0.25) is 0 Å². The van der Waals surface area contributed by atoms with Gasteiger partial charge in [0.05, 0.1) is 5.56 Å². The van der Waals surface area contributed by atoms with E-state index in [0.717, 1.165) is 0 Å². The van der Waals surface area contributed by atoms with Crippen LogP contribution in [0, 0.1) is 18.6 Å². The van der Waals surface area contributed by atoms with Gasteiger partial charge in [-0.25, -0.2) is 8.78 Å². The summed E-state index contributed by atoms with van der Waals surface area (Å²) in [4.78, 5) is 11.6. The molecular formula is C11H14F2N2O. The van der Waals surface area contributed by atoms with E-state index in [2.05, 4.69) is 5.32 Å². The SMILES string of the molecule is Cc1cc(C(=O)NC(C)CN)c(F)cc1F. The molecule has 88 valence electrons. The van der Waals surface area contributed by atoms with E-state index in [4.69, 9.17) is 5.73 Å². The summed E-state index contributed by atoms with van der Waals surface area (Å²) in [5.41, 5.74) is 5.38. The first-order valence-corrected chi connectivity index (χ1v) is 4.92. The Morgan fingerprint density at radius 3 is 2.62 bits per heavy atom. The highest BCUT2D eigenvalue weighted by Gasteiger charge is 2.15. The fourth-order valence-corrected chi connectivity index (χ4v) is 1.19. The molecule has 3 nitrogen and oxygen atoms in total. The van der Waals surface area contributed by atoms with Crippen molar-refractivity contribution >= 4 is 5.91 Å². The second-order valence-corrected chi connectivity index (χ2v) is 3.69. The van der Waals surface area contributed by atoms with E-state index in [1.807, 2.05) is 0 Å². The van der Waals surface area contributed by atoms with Crippen molar-refractivity contribution in [3.8, 4) is 0 Å². The van der Waals surface area contributed by atoms with Crippen LogP contribution < -0.4 is 11.1 Å². The van der Waals surface area contributed by atoms with Crippen molar-refractivity contribution in [3.63, 3.8) is 0 Å². The highest BCUT2D eigenvalue weighted by atomic mass is 19.1. The largest absolute Gasteiger partial charge is 0.348 e. The molecule has 0 bridgehead atoms. The fraction of sp³-hybridized carbons (Fsp3) is 0.364. The third-order valence-electron chi connectivity index (χ3n) is 2.22. The molecule has 1 aromatic rings. The molecule has 1 atom stereocenters. The number of aryl methyl sites for hydroxylation is 1. The first-order chi connectivity index (χ1) is 7.45. The zero-order valence-corrected chi connectivity index (χ0v) is 9.18. The molecule has 0 aromatic heterocycles. The van der Waals surface area contributed by atoms with Gasteiger partial charge in [-0.1, -0.05) is 0 Å². The maximum absolute atomic E-state index is 13.3. The summed E-state index contributed by atoms with van der Waals surface area (Å²) < 4.78 is 26.3. The van der Waals surface area contributed by atoms with Crippen LogP contribution >= 0.6 is 0 Å². The van der Waals surface area contributed by atoms with E-state index in [-0.39, 0.29) is 23.7 Å². The lowest BCUT2D eigenvalue weighted by Crippen LogP contribution is -2.38. The van der Waals surface area contributed by atoms with Gasteiger partial charge in [0, 0.05) is 18.7 Å². The summed E-state index contributed by atoms with van der Waals surface area (Å²) in [6.07, 6.45) is 0. The first kappa shape index (κ1) is 12.6. The maximum Gasteiger partial charge on any atom is 0.254 e. The fourth-order valence-electron chi connectivity index (χ4n) is 1.19. The van der Waals surface area contributed by atoms with Crippen molar-refractivity contribution in [2.45, 2.75) is 19.9 Å². The molecule has 5 heteroatoms. The van der Waals surface area contributed by atoms with Crippen molar-refractivity contribution in [1.29, 1.82) is 0 Å². The Hall–Kier alpha value is -1.49. The van der Waals surface area contributed by atoms with Gasteiger partial charge in [0.1, 0.15) is 11.6 Å². The summed E-state index contributed by atoms with van der Waals surface area (Å²) in [5.74, 6) is -2.12. The molecular weight excluding hydrogens is 214 g/mol. The number of benzene rings is 1. The van der Waals surface area contributed by atoms with Crippen LogP contribution in [0.2, 0.25) is 0 Å². The highest BCUT2D eigenvalue weighted by molar-refractivity contribution is 5.94. The number of hydrogen-bond donors (Lipinski definition) is 2. The minimum atomic E-state index is -0.871. The van der Waals surface area contributed by atoms with Crippen molar-refractivity contribution in [2.24, 2.45) is 5.73 Å². The molecule has 0 spiro atoms. The Labute approximate surface area is 92.6 Å². The van der Waals surface area contributed by atoms with Crippen molar-refractivity contribution < 1.29 is 13.6 Å². The maximum atomic E-state index is 13.3. The summed E-state index contributed by atoms with van der Waals surface area (Å²) in [7, 11) is 0. The van der Waals surface area contributed by atoms with Crippen molar-refractivity contribution in [2.75, 3.05) is 6.54 Å². The molecule has 0 aliphatic carbocycles. The lowest BCUT2D eigenvalue weighted by atomic mass is 10.1. The lowest BCUT2D eigenvalue weighted by molar-refractivity contribution is 0.0937. The van der Waals surface area contributed by atoms with Crippen LogP contribution in [0.4, 0.5) is 8.78 Å². The van der Waals surface area contributed by atoms with Crippen LogP contribution in [0.15, 0.2) is 12.1 Å². The number of carbonyl (C=O) groups excluding carboxylic acids is 1. The standard InChI is InChI=1S/C11H14F2N2O/c1-6-3-8(10(13)4-9(6)12)11(16)15-7(2)5-14/h3-4,7H,5,14H2,1-2H3,(H,15,16). The Bertz CT molecular complexity index is 407. The molecule has 1 rings (SSSR count). The average molecular weight is 228 g/mol. The van der Waals surface area contributed by atoms with Crippen molar-refractivity contribution in [1.82, 2.24) is 5.32 Å². The number of rotatable bonds is 3. The zero-order chi connectivity index (χ0) is 12.3. The van der Waals surface area contributed by atoms with Crippen LogP contribution in [0.3, 0.4) is 0 Å². The van der Waals surface area contributed by atoms with Crippen LogP contribution in [0.1, 0.15) is 22.8 Å². The van der Waals surface area contributed by atoms with Gasteiger partial charge in [-0.15, -0.1) is 0 Å². The minimum Gasteiger partial charge on any atom is -0.348 e. The molecule has 1 unspecified atom stereocenters. The second-order valence-electron chi connectivity index (χ2n) is 3.69. The molecule has 0 aliphatic rings. The van der Waals surface area contributed by atoms with E-state index in [9.17, 15) is 13.6 Å². The smallest absolute Gasteiger partial charge is 0.254 e. The summed E-state index contributed by atoms with van der Waals surface area (Å²) >= 11 is 0. The Balaban J connectivity index is 2.96. The molecule has 1 aromatic carbocycles. The van der Waals surface area contributed by atoms with Crippen LogP contribution in [0.25, 0.3) is 0 Å². The predicted molar refractivity (Wildman–Crippen MR) is 57.1 cm³/mol. The van der Waals surface area contributed by atoms with Crippen molar-refractivity contribution in [3.05, 3.63) is 34.9 Å². The highest BCUT2D eigenvalue weighted by Crippen LogP contribution is 2.14. The number of halogens is 2. The third kappa shape index (κ3) is 2.76. The van der Waals surface area contributed by atoms with Gasteiger partial charge in [0.25, 0.3) is 5.91 Å².